The standard InChI is InChI=1S/C36H44N8O7/c1-35(2,50)29-20-39-42-44(29)25-18-28(33(48)41-36(30(45)31(37)46)12-14-51-15-13-36)43(21-25)34(49)27(16-22-8-4-3-5-9-22)40-32(47)24-17-23-10-6-7-11-26(23)38-19-24/h6-7,10-11,17,19-20,22,25,28,50H,3-5,8-9,12-16,18,21H2,1-2H3,(H2,37,46)(H,41,48)/b40-27+/t25-,28-/m0/s1. The van der Waals surface area contributed by atoms with E-state index in [1.807, 2.05) is 24.3 Å². The number of ether oxygens (including phenoxy) is 1. The molecule has 2 aliphatic heterocycles. The number of aromatic nitrogens is 4. The minimum absolute atomic E-state index is 0.0220. The number of ketones is 1. The van der Waals surface area contributed by atoms with Crippen LogP contribution in [0.25, 0.3) is 10.9 Å². The number of benzene rings is 1. The molecule has 3 aliphatic rings. The van der Waals surface area contributed by atoms with Crippen molar-refractivity contribution in [1.29, 1.82) is 0 Å². The van der Waals surface area contributed by atoms with Crippen LogP contribution in [0.5, 0.6) is 0 Å². The second kappa shape index (κ2) is 14.8. The largest absolute Gasteiger partial charge is 0.384 e. The average Bonchev–Trinajstić information content (AvgIpc) is 3.80. The van der Waals surface area contributed by atoms with Gasteiger partial charge in [-0.1, -0.05) is 55.5 Å². The number of rotatable bonds is 10. The molecule has 2 atom stereocenters. The van der Waals surface area contributed by atoms with Crippen molar-refractivity contribution in [2.45, 2.75) is 94.9 Å². The molecule has 1 aliphatic carbocycles. The van der Waals surface area contributed by atoms with E-state index in [1.54, 1.807) is 19.9 Å². The first-order valence-electron chi connectivity index (χ1n) is 17.5. The summed E-state index contributed by atoms with van der Waals surface area (Å²) in [6.07, 6.45) is 8.02. The van der Waals surface area contributed by atoms with Crippen molar-refractivity contribution in [3.63, 3.8) is 0 Å². The molecular weight excluding hydrogens is 656 g/mol. The van der Waals surface area contributed by atoms with E-state index in [0.29, 0.717) is 11.2 Å². The Morgan fingerprint density at radius 3 is 2.51 bits per heavy atom. The Labute approximate surface area is 295 Å². The van der Waals surface area contributed by atoms with E-state index in [1.165, 1.54) is 22.0 Å². The topological polar surface area (TPSA) is 212 Å². The lowest BCUT2D eigenvalue weighted by molar-refractivity contribution is -0.146. The molecule has 4 heterocycles. The van der Waals surface area contributed by atoms with E-state index in [9.17, 15) is 29.1 Å². The van der Waals surface area contributed by atoms with Crippen molar-refractivity contribution >= 4 is 46.0 Å². The Hall–Kier alpha value is -4.89. The van der Waals surface area contributed by atoms with Gasteiger partial charge in [0.05, 0.1) is 29.0 Å². The summed E-state index contributed by atoms with van der Waals surface area (Å²) in [7, 11) is 0. The van der Waals surface area contributed by atoms with Crippen LogP contribution < -0.4 is 11.1 Å². The zero-order chi connectivity index (χ0) is 36.3. The Kier molecular flexibility index (Phi) is 10.4. The molecule has 3 fully saturated rings. The molecule has 51 heavy (non-hydrogen) atoms. The van der Waals surface area contributed by atoms with Crippen molar-refractivity contribution < 1.29 is 33.8 Å². The molecule has 1 saturated carbocycles. The fourth-order valence-corrected chi connectivity index (χ4v) is 7.49. The predicted molar refractivity (Wildman–Crippen MR) is 184 cm³/mol. The van der Waals surface area contributed by atoms with Crippen LogP contribution >= 0.6 is 0 Å². The minimum Gasteiger partial charge on any atom is -0.384 e. The van der Waals surface area contributed by atoms with Crippen LogP contribution in [0, 0.1) is 5.92 Å². The Morgan fingerprint density at radius 2 is 1.80 bits per heavy atom. The van der Waals surface area contributed by atoms with E-state index in [2.05, 4.69) is 25.6 Å². The van der Waals surface area contributed by atoms with Gasteiger partial charge in [0.1, 0.15) is 22.9 Å². The quantitative estimate of drug-likeness (QED) is 0.207. The van der Waals surface area contributed by atoms with Gasteiger partial charge in [-0.25, -0.2) is 9.67 Å². The van der Waals surface area contributed by atoms with Crippen LogP contribution in [0.15, 0.2) is 47.7 Å². The number of nitrogens with one attached hydrogen (secondary N) is 1. The summed E-state index contributed by atoms with van der Waals surface area (Å²) in [5.74, 6) is -3.91. The van der Waals surface area contributed by atoms with Gasteiger partial charge in [-0.15, -0.1) is 5.10 Å². The molecule has 2 aromatic heterocycles. The molecule has 2 saturated heterocycles. The van der Waals surface area contributed by atoms with E-state index in [-0.39, 0.29) is 62.6 Å². The van der Waals surface area contributed by atoms with Crippen molar-refractivity contribution in [2.24, 2.45) is 16.6 Å². The fourth-order valence-electron chi connectivity index (χ4n) is 7.49. The maximum Gasteiger partial charge on any atom is 0.287 e. The molecule has 0 spiro atoms. The minimum atomic E-state index is -1.60. The van der Waals surface area contributed by atoms with Crippen molar-refractivity contribution in [2.75, 3.05) is 19.8 Å². The van der Waals surface area contributed by atoms with E-state index in [4.69, 9.17) is 10.5 Å². The van der Waals surface area contributed by atoms with Crippen LogP contribution in [0.3, 0.4) is 0 Å². The number of primary amides is 1. The van der Waals surface area contributed by atoms with Gasteiger partial charge in [-0.2, -0.15) is 0 Å². The summed E-state index contributed by atoms with van der Waals surface area (Å²) in [6.45, 7) is 3.37. The molecule has 270 valence electrons. The second-order valence-electron chi connectivity index (χ2n) is 14.4. The highest BCUT2D eigenvalue weighted by Crippen LogP contribution is 2.34. The van der Waals surface area contributed by atoms with Crippen molar-refractivity contribution in [3.8, 4) is 0 Å². The van der Waals surface area contributed by atoms with Crippen molar-refractivity contribution in [1.82, 2.24) is 30.2 Å². The van der Waals surface area contributed by atoms with Gasteiger partial charge in [0.25, 0.3) is 17.7 Å². The van der Waals surface area contributed by atoms with Crippen LogP contribution in [-0.2, 0) is 29.5 Å². The molecular formula is C36H44N8O7. The number of aliphatic imine (C=N–C) groups is 1. The number of hydrogen-bond acceptors (Lipinski definition) is 10. The summed E-state index contributed by atoms with van der Waals surface area (Å²) in [6, 6.07) is 7.28. The maximum atomic E-state index is 14.7. The van der Waals surface area contributed by atoms with Crippen LogP contribution in [-0.4, -0.2) is 96.4 Å². The Morgan fingerprint density at radius 1 is 1.08 bits per heavy atom. The van der Waals surface area contributed by atoms with Gasteiger partial charge in [0.15, 0.2) is 0 Å². The average molecular weight is 701 g/mol. The highest BCUT2D eigenvalue weighted by atomic mass is 16.5. The number of aliphatic hydroxyl groups is 1. The van der Waals surface area contributed by atoms with Gasteiger partial charge in [-0.3, -0.25) is 29.0 Å². The van der Waals surface area contributed by atoms with E-state index >= 15 is 0 Å². The van der Waals surface area contributed by atoms with Gasteiger partial charge in [0, 0.05) is 50.6 Å². The third-order valence-electron chi connectivity index (χ3n) is 10.3. The third-order valence-corrected chi connectivity index (χ3v) is 10.3. The smallest absolute Gasteiger partial charge is 0.287 e. The number of amides is 4. The lowest BCUT2D eigenvalue weighted by atomic mass is 9.84. The molecule has 3 aromatic rings. The lowest BCUT2D eigenvalue weighted by Crippen LogP contribution is -2.63. The third kappa shape index (κ3) is 7.73. The normalized spacial score (nSPS) is 21.4. The molecule has 15 nitrogen and oxygen atoms in total. The predicted octanol–water partition coefficient (Wildman–Crippen LogP) is 2.17. The number of nitrogens with two attached hydrogens (primary N) is 1. The van der Waals surface area contributed by atoms with Gasteiger partial charge >= 0.3 is 0 Å². The van der Waals surface area contributed by atoms with Crippen LogP contribution in [0.2, 0.25) is 0 Å². The summed E-state index contributed by atoms with van der Waals surface area (Å²) in [5.41, 5.74) is 3.81. The molecule has 0 bridgehead atoms. The first kappa shape index (κ1) is 35.9. The number of pyridine rings is 1. The summed E-state index contributed by atoms with van der Waals surface area (Å²) in [4.78, 5) is 78.1. The number of nitrogens with zero attached hydrogens (tertiary/aromatic N) is 6. The van der Waals surface area contributed by atoms with E-state index in [0.717, 1.165) is 37.5 Å². The highest BCUT2D eigenvalue weighted by Gasteiger charge is 2.49. The summed E-state index contributed by atoms with van der Waals surface area (Å²) in [5, 5.41) is 22.6. The zero-order valence-electron chi connectivity index (χ0n) is 28.9. The first-order valence-corrected chi connectivity index (χ1v) is 17.5. The summed E-state index contributed by atoms with van der Waals surface area (Å²) < 4.78 is 6.91. The van der Waals surface area contributed by atoms with Gasteiger partial charge in [-0.05, 0) is 38.3 Å². The number of Topliss-reactive ketones (excluding diaryl/α,β-unsaturated/α-hetero) is 1. The molecule has 15 heteroatoms. The van der Waals surface area contributed by atoms with Gasteiger partial charge < -0.3 is 25.8 Å². The summed E-state index contributed by atoms with van der Waals surface area (Å²) >= 11 is 0. The fraction of sp³-hybridized carbons (Fsp3) is 0.528. The maximum absolute atomic E-state index is 14.7. The number of fused-ring (bicyclic) bond motifs is 1. The SMILES string of the molecule is CC(C)(O)c1cnnn1[C@H]1C[C@@H](C(=O)NC2(C(=O)C(N)=O)CCOCC2)N(C(=O)/C(CC2CCCCC2)=N/C(=O)c2cnc3ccccc3c2)C1. The van der Waals surface area contributed by atoms with Crippen molar-refractivity contribution in [3.05, 3.63) is 54.0 Å². The van der Waals surface area contributed by atoms with Crippen LogP contribution in [0.4, 0.5) is 0 Å². The number of hydrogen-bond donors (Lipinski definition) is 3. The molecule has 0 unspecified atom stereocenters. The number of carbonyl (C=O) groups is 5. The Balaban J connectivity index is 1.37. The lowest BCUT2D eigenvalue weighted by Gasteiger charge is -2.37. The monoisotopic (exact) mass is 700 g/mol. The number of para-hydroxylation sites is 1. The highest BCUT2D eigenvalue weighted by molar-refractivity contribution is 6.41. The van der Waals surface area contributed by atoms with Gasteiger partial charge in [0.2, 0.25) is 11.7 Å². The molecule has 4 N–H and O–H groups in total. The molecule has 0 radical (unpaired) electrons. The number of carbonyl (C=O) groups excluding carboxylic acids is 5. The second-order valence-corrected chi connectivity index (χ2v) is 14.4. The Bertz CT molecular complexity index is 1850. The van der Waals surface area contributed by atoms with Crippen LogP contribution in [0.1, 0.15) is 93.7 Å². The molecule has 6 rings (SSSR count). The first-order chi connectivity index (χ1) is 24.4. The molecule has 4 amide bonds. The zero-order valence-corrected chi connectivity index (χ0v) is 28.9. The number of likely N-dealkylation sites (tertiary alicyclic amines) is 1. The molecule has 1 aromatic carbocycles. The van der Waals surface area contributed by atoms with E-state index < -0.39 is 52.6 Å².